The van der Waals surface area contributed by atoms with Crippen molar-refractivity contribution >= 4 is 34.2 Å². The number of hydrogen-bond donors (Lipinski definition) is 2. The first-order valence-corrected chi connectivity index (χ1v) is 8.75. The smallest absolute Gasteiger partial charge is 0.142 e. The van der Waals surface area contributed by atoms with Crippen molar-refractivity contribution in [3.8, 4) is 0 Å². The molecule has 1 aromatic heterocycles. The molecule has 1 aromatic carbocycles. The van der Waals surface area contributed by atoms with Gasteiger partial charge in [0, 0.05) is 25.9 Å². The van der Waals surface area contributed by atoms with Crippen LogP contribution >= 0.6 is 11.3 Å². The summed E-state index contributed by atoms with van der Waals surface area (Å²) in [5.74, 6) is -0.169. The zero-order chi connectivity index (χ0) is 16.7. The van der Waals surface area contributed by atoms with Crippen LogP contribution in [0.5, 0.6) is 0 Å². The Balaban J connectivity index is 1.69. The van der Waals surface area contributed by atoms with Gasteiger partial charge in [0.1, 0.15) is 17.3 Å². The van der Waals surface area contributed by atoms with Gasteiger partial charge in [-0.1, -0.05) is 6.07 Å². The molecule has 2 aliphatic heterocycles. The molecule has 24 heavy (non-hydrogen) atoms. The van der Waals surface area contributed by atoms with Gasteiger partial charge in [0.05, 0.1) is 22.6 Å². The van der Waals surface area contributed by atoms with Gasteiger partial charge in [-0.15, -0.1) is 11.3 Å². The molecule has 3 N–H and O–H groups in total. The van der Waals surface area contributed by atoms with Gasteiger partial charge in [0.15, 0.2) is 0 Å². The van der Waals surface area contributed by atoms with Crippen molar-refractivity contribution in [2.24, 2.45) is 10.7 Å². The van der Waals surface area contributed by atoms with Crippen molar-refractivity contribution in [2.45, 2.75) is 18.5 Å². The number of nitrogens with two attached hydrogens (primary N) is 1. The number of halogens is 1. The minimum absolute atomic E-state index is 0.228. The van der Waals surface area contributed by atoms with Crippen molar-refractivity contribution < 1.29 is 4.39 Å². The number of anilines is 2. The molecule has 5 nitrogen and oxygen atoms in total. The normalized spacial score (nSPS) is 19.1. The van der Waals surface area contributed by atoms with Crippen LogP contribution in [0.2, 0.25) is 0 Å². The number of amidine groups is 1. The Morgan fingerprint density at radius 3 is 2.71 bits per heavy atom. The average Bonchev–Trinajstić information content (AvgIpc) is 3.10. The van der Waals surface area contributed by atoms with Crippen LogP contribution < -0.4 is 15.5 Å². The van der Waals surface area contributed by atoms with Crippen LogP contribution in [-0.4, -0.2) is 30.9 Å². The van der Waals surface area contributed by atoms with Crippen LogP contribution in [0.15, 0.2) is 40.7 Å². The van der Waals surface area contributed by atoms with Gasteiger partial charge in [0.2, 0.25) is 0 Å². The standard InChI is InChI=1S/C17H18FN5S/c18-12-3-1-4-13-15(12)16(20)21-17(23(13)11-19)6-8-22(9-7-17)14-5-2-10-24-14/h1-5,10-11,19H,6-9H2,(H2,20,21). The first-order valence-electron chi connectivity index (χ1n) is 7.87. The molecule has 0 atom stereocenters. The number of thiophene rings is 1. The topological polar surface area (TPSA) is 68.7 Å². The van der Waals surface area contributed by atoms with Gasteiger partial charge >= 0.3 is 0 Å². The molecule has 124 valence electrons. The molecule has 1 spiro atoms. The summed E-state index contributed by atoms with van der Waals surface area (Å²) < 4.78 is 14.2. The van der Waals surface area contributed by atoms with Crippen LogP contribution in [0, 0.1) is 11.2 Å². The van der Waals surface area contributed by atoms with Gasteiger partial charge in [-0.3, -0.25) is 5.41 Å². The molecule has 3 heterocycles. The van der Waals surface area contributed by atoms with Gasteiger partial charge in [-0.05, 0) is 29.6 Å². The number of piperidine rings is 1. The molecule has 0 bridgehead atoms. The fourth-order valence-corrected chi connectivity index (χ4v) is 4.39. The van der Waals surface area contributed by atoms with Crippen molar-refractivity contribution in [1.82, 2.24) is 0 Å². The van der Waals surface area contributed by atoms with E-state index in [-0.39, 0.29) is 5.84 Å². The zero-order valence-electron chi connectivity index (χ0n) is 13.1. The van der Waals surface area contributed by atoms with E-state index in [2.05, 4.69) is 21.3 Å². The summed E-state index contributed by atoms with van der Waals surface area (Å²) in [6.07, 6.45) is 2.71. The molecule has 0 amide bonds. The highest BCUT2D eigenvalue weighted by atomic mass is 32.1. The lowest BCUT2D eigenvalue weighted by Crippen LogP contribution is -2.57. The summed E-state index contributed by atoms with van der Waals surface area (Å²) in [7, 11) is 0. The number of hydrogen-bond acceptors (Lipinski definition) is 5. The summed E-state index contributed by atoms with van der Waals surface area (Å²) >= 11 is 1.72. The summed E-state index contributed by atoms with van der Waals surface area (Å²) in [6.45, 7) is 1.65. The second-order valence-electron chi connectivity index (χ2n) is 6.05. The Bertz CT molecular complexity index is 793. The first kappa shape index (κ1) is 15.1. The predicted octanol–water partition coefficient (Wildman–Crippen LogP) is 3.02. The molecule has 2 aromatic rings. The number of nitrogens with one attached hydrogen (secondary N) is 1. The maximum Gasteiger partial charge on any atom is 0.142 e. The van der Waals surface area contributed by atoms with E-state index in [4.69, 9.17) is 11.1 Å². The highest BCUT2D eigenvalue weighted by Gasteiger charge is 2.44. The number of benzene rings is 1. The number of rotatable bonds is 2. The molecule has 1 saturated heterocycles. The molecule has 7 heteroatoms. The summed E-state index contributed by atoms with van der Waals surface area (Å²) in [6, 6.07) is 8.99. The molecule has 2 aliphatic rings. The van der Waals surface area contributed by atoms with E-state index in [1.807, 2.05) is 6.07 Å². The molecule has 1 fully saturated rings. The van der Waals surface area contributed by atoms with E-state index in [1.165, 1.54) is 17.4 Å². The Morgan fingerprint density at radius 2 is 2.04 bits per heavy atom. The second kappa shape index (κ2) is 5.59. The third kappa shape index (κ3) is 2.19. The molecule has 0 unspecified atom stereocenters. The van der Waals surface area contributed by atoms with E-state index >= 15 is 0 Å². The highest BCUT2D eigenvalue weighted by molar-refractivity contribution is 7.14. The molecular formula is C17H18FN5S. The van der Waals surface area contributed by atoms with Crippen LogP contribution in [-0.2, 0) is 0 Å². The summed E-state index contributed by atoms with van der Waals surface area (Å²) in [5.41, 5.74) is 6.42. The van der Waals surface area contributed by atoms with E-state index in [0.717, 1.165) is 25.9 Å². The minimum atomic E-state index is -0.597. The fraction of sp³-hybridized carbons (Fsp3) is 0.294. The molecule has 0 aliphatic carbocycles. The van der Waals surface area contributed by atoms with E-state index in [0.29, 0.717) is 11.3 Å². The van der Waals surface area contributed by atoms with Gasteiger partial charge in [-0.2, -0.15) is 0 Å². The highest BCUT2D eigenvalue weighted by Crippen LogP contribution is 2.40. The Hall–Kier alpha value is -2.41. The summed E-state index contributed by atoms with van der Waals surface area (Å²) in [4.78, 5) is 8.74. The number of aliphatic imine (C=N–C) groups is 1. The van der Waals surface area contributed by atoms with E-state index < -0.39 is 11.5 Å². The maximum absolute atomic E-state index is 14.2. The second-order valence-corrected chi connectivity index (χ2v) is 6.98. The van der Waals surface area contributed by atoms with Crippen molar-refractivity contribution in [3.63, 3.8) is 0 Å². The molecule has 0 saturated carbocycles. The SMILES string of the molecule is N=CN1c2cccc(F)c2C(N)=NC12CCN(c1cccs1)CC2. The lowest BCUT2D eigenvalue weighted by molar-refractivity contribution is 0.346. The molecular weight excluding hydrogens is 325 g/mol. The molecule has 4 rings (SSSR count). The monoisotopic (exact) mass is 343 g/mol. The fourth-order valence-electron chi connectivity index (χ4n) is 3.60. The Morgan fingerprint density at radius 1 is 1.25 bits per heavy atom. The van der Waals surface area contributed by atoms with Crippen molar-refractivity contribution in [1.29, 1.82) is 5.41 Å². The van der Waals surface area contributed by atoms with E-state index in [9.17, 15) is 4.39 Å². The van der Waals surface area contributed by atoms with Gasteiger partial charge in [0.25, 0.3) is 0 Å². The Kier molecular flexibility index (Phi) is 3.53. The van der Waals surface area contributed by atoms with Crippen LogP contribution in [0.4, 0.5) is 15.1 Å². The Labute approximate surface area is 143 Å². The van der Waals surface area contributed by atoms with Crippen LogP contribution in [0.1, 0.15) is 18.4 Å². The maximum atomic E-state index is 14.2. The van der Waals surface area contributed by atoms with E-state index in [1.54, 1.807) is 28.4 Å². The quantitative estimate of drug-likeness (QED) is 0.650. The summed E-state index contributed by atoms with van der Waals surface area (Å²) in [5, 5.41) is 11.2. The largest absolute Gasteiger partial charge is 0.383 e. The number of fused-ring (bicyclic) bond motifs is 1. The first-order chi connectivity index (χ1) is 11.6. The predicted molar refractivity (Wildman–Crippen MR) is 96.9 cm³/mol. The third-order valence-corrected chi connectivity index (χ3v) is 5.72. The zero-order valence-corrected chi connectivity index (χ0v) is 13.9. The van der Waals surface area contributed by atoms with Crippen LogP contribution in [0.3, 0.4) is 0 Å². The lowest BCUT2D eigenvalue weighted by Gasteiger charge is -2.48. The lowest BCUT2D eigenvalue weighted by atomic mass is 9.91. The third-order valence-electron chi connectivity index (χ3n) is 4.80. The average molecular weight is 343 g/mol. The molecule has 0 radical (unpaired) electrons. The van der Waals surface area contributed by atoms with Gasteiger partial charge < -0.3 is 15.5 Å². The number of nitrogens with zero attached hydrogens (tertiary/aromatic N) is 3. The minimum Gasteiger partial charge on any atom is -0.383 e. The van der Waals surface area contributed by atoms with Crippen molar-refractivity contribution in [2.75, 3.05) is 22.9 Å². The van der Waals surface area contributed by atoms with Crippen molar-refractivity contribution in [3.05, 3.63) is 47.1 Å². The van der Waals surface area contributed by atoms with Gasteiger partial charge in [-0.25, -0.2) is 9.38 Å². The van der Waals surface area contributed by atoms with Crippen LogP contribution in [0.25, 0.3) is 0 Å².